The molecule has 5 nitrogen and oxygen atoms in total. The SMILES string of the molecule is CCCC(N)=N/C(C#N)=C(\N)C#N. The summed E-state index contributed by atoms with van der Waals surface area (Å²) in [7, 11) is 0. The van der Waals surface area contributed by atoms with Crippen molar-refractivity contribution in [3.05, 3.63) is 11.4 Å². The Labute approximate surface area is 77.0 Å². The van der Waals surface area contributed by atoms with Crippen molar-refractivity contribution < 1.29 is 0 Å². The fourth-order valence-electron chi connectivity index (χ4n) is 0.654. The Morgan fingerprint density at radius 1 is 1.31 bits per heavy atom. The molecule has 0 rings (SSSR count). The fourth-order valence-corrected chi connectivity index (χ4v) is 0.654. The third-order valence-corrected chi connectivity index (χ3v) is 1.24. The molecule has 0 aromatic heterocycles. The van der Waals surface area contributed by atoms with Gasteiger partial charge in [0.15, 0.2) is 5.70 Å². The summed E-state index contributed by atoms with van der Waals surface area (Å²) in [4.78, 5) is 3.72. The van der Waals surface area contributed by atoms with E-state index >= 15 is 0 Å². The van der Waals surface area contributed by atoms with Crippen LogP contribution < -0.4 is 11.5 Å². The van der Waals surface area contributed by atoms with Gasteiger partial charge in [-0.2, -0.15) is 10.5 Å². The molecule has 0 saturated heterocycles. The number of amidine groups is 1. The Bertz CT molecular complexity index is 312. The lowest BCUT2D eigenvalue weighted by molar-refractivity contribution is 0.979. The van der Waals surface area contributed by atoms with Crippen LogP contribution in [0, 0.1) is 22.7 Å². The molecular weight excluding hydrogens is 166 g/mol. The maximum atomic E-state index is 8.54. The van der Waals surface area contributed by atoms with E-state index in [4.69, 9.17) is 22.0 Å². The first-order chi connectivity index (χ1) is 6.15. The van der Waals surface area contributed by atoms with Crippen LogP contribution in [0.5, 0.6) is 0 Å². The molecule has 68 valence electrons. The van der Waals surface area contributed by atoms with Gasteiger partial charge in [0.05, 0.1) is 0 Å². The number of allylic oxidation sites excluding steroid dienone is 2. The highest BCUT2D eigenvalue weighted by Gasteiger charge is 2.00. The number of aliphatic imine (C=N–C) groups is 1. The third kappa shape index (κ3) is 3.78. The number of nitrogens with zero attached hydrogens (tertiary/aromatic N) is 3. The van der Waals surface area contributed by atoms with Gasteiger partial charge in [-0.1, -0.05) is 6.92 Å². The highest BCUT2D eigenvalue weighted by atomic mass is 14.9. The zero-order valence-electron chi connectivity index (χ0n) is 7.41. The second-order valence-electron chi connectivity index (χ2n) is 2.34. The highest BCUT2D eigenvalue weighted by Crippen LogP contribution is 2.00. The maximum absolute atomic E-state index is 8.54. The van der Waals surface area contributed by atoms with Crippen LogP contribution in [0.3, 0.4) is 0 Å². The maximum Gasteiger partial charge on any atom is 0.176 e. The molecule has 0 aliphatic rings. The Kier molecular flexibility index (Phi) is 4.75. The average molecular weight is 177 g/mol. The zero-order valence-corrected chi connectivity index (χ0v) is 7.41. The van der Waals surface area contributed by atoms with Crippen LogP contribution in [0.1, 0.15) is 19.8 Å². The van der Waals surface area contributed by atoms with E-state index in [0.717, 1.165) is 6.42 Å². The smallest absolute Gasteiger partial charge is 0.176 e. The van der Waals surface area contributed by atoms with Gasteiger partial charge in [-0.25, -0.2) is 4.99 Å². The summed E-state index contributed by atoms with van der Waals surface area (Å²) in [6.07, 6.45) is 1.42. The van der Waals surface area contributed by atoms with E-state index in [0.29, 0.717) is 12.3 Å². The summed E-state index contributed by atoms with van der Waals surface area (Å²) in [5.74, 6) is 0.317. The molecule has 0 aromatic carbocycles. The van der Waals surface area contributed by atoms with E-state index in [1.807, 2.05) is 6.92 Å². The Morgan fingerprint density at radius 3 is 2.31 bits per heavy atom. The minimum Gasteiger partial charge on any atom is -0.388 e. The van der Waals surface area contributed by atoms with Crippen molar-refractivity contribution in [3.8, 4) is 12.1 Å². The van der Waals surface area contributed by atoms with E-state index in [1.54, 1.807) is 12.1 Å². The number of nitriles is 2. The topological polar surface area (TPSA) is 112 Å². The summed E-state index contributed by atoms with van der Waals surface area (Å²) in [5.41, 5.74) is 10.3. The minimum absolute atomic E-state index is 0.117. The molecule has 0 amide bonds. The van der Waals surface area contributed by atoms with Gasteiger partial charge < -0.3 is 11.5 Å². The van der Waals surface area contributed by atoms with Gasteiger partial charge in [-0.3, -0.25) is 0 Å². The monoisotopic (exact) mass is 177 g/mol. The van der Waals surface area contributed by atoms with E-state index in [9.17, 15) is 0 Å². The molecule has 13 heavy (non-hydrogen) atoms. The van der Waals surface area contributed by atoms with Crippen LogP contribution in [0.15, 0.2) is 16.4 Å². The molecule has 0 aromatic rings. The first kappa shape index (κ1) is 11.0. The number of hydrogen-bond donors (Lipinski definition) is 2. The second kappa shape index (κ2) is 5.62. The lowest BCUT2D eigenvalue weighted by Crippen LogP contribution is -2.12. The van der Waals surface area contributed by atoms with Gasteiger partial charge in [-0.05, 0) is 6.42 Å². The van der Waals surface area contributed by atoms with Crippen molar-refractivity contribution >= 4 is 5.84 Å². The van der Waals surface area contributed by atoms with Crippen molar-refractivity contribution in [2.45, 2.75) is 19.8 Å². The van der Waals surface area contributed by atoms with Crippen molar-refractivity contribution in [2.24, 2.45) is 16.5 Å². The number of rotatable bonds is 3. The van der Waals surface area contributed by atoms with Crippen LogP contribution in [0.2, 0.25) is 0 Å². The van der Waals surface area contributed by atoms with E-state index < -0.39 is 0 Å². The normalized spacial score (nSPS) is 12.7. The fraction of sp³-hybridized carbons (Fsp3) is 0.375. The molecule has 0 fully saturated rings. The molecule has 4 N–H and O–H groups in total. The summed E-state index contributed by atoms with van der Waals surface area (Å²) >= 11 is 0. The predicted octanol–water partition coefficient (Wildman–Crippen LogP) is 0.361. The number of nitrogens with two attached hydrogens (primary N) is 2. The molecule has 0 aliphatic carbocycles. The van der Waals surface area contributed by atoms with Gasteiger partial charge in [0, 0.05) is 6.42 Å². The van der Waals surface area contributed by atoms with E-state index in [2.05, 4.69) is 4.99 Å². The zero-order chi connectivity index (χ0) is 10.3. The van der Waals surface area contributed by atoms with Crippen molar-refractivity contribution in [2.75, 3.05) is 0 Å². The first-order valence-electron chi connectivity index (χ1n) is 3.78. The highest BCUT2D eigenvalue weighted by molar-refractivity contribution is 5.81. The van der Waals surface area contributed by atoms with Crippen molar-refractivity contribution in [3.63, 3.8) is 0 Å². The predicted molar refractivity (Wildman–Crippen MR) is 49.0 cm³/mol. The molecular formula is C8H11N5. The molecule has 0 spiro atoms. The Hall–Kier alpha value is -2.01. The summed E-state index contributed by atoms with van der Waals surface area (Å²) in [6.45, 7) is 1.94. The summed E-state index contributed by atoms with van der Waals surface area (Å²) in [6, 6.07) is 3.34. The van der Waals surface area contributed by atoms with E-state index in [-0.39, 0.29) is 11.4 Å². The average Bonchev–Trinajstić information content (AvgIpc) is 2.13. The standard InChI is InChI=1S/C8H11N5/c1-2-3-8(12)13-7(5-10)6(11)4-9/h2-3,11H2,1H3,(H2,12,13)/b7-6-. The van der Waals surface area contributed by atoms with Crippen LogP contribution in [-0.2, 0) is 0 Å². The molecule has 0 radical (unpaired) electrons. The molecule has 0 unspecified atom stereocenters. The lowest BCUT2D eigenvalue weighted by Gasteiger charge is -1.96. The molecule has 0 heterocycles. The van der Waals surface area contributed by atoms with Crippen LogP contribution in [-0.4, -0.2) is 5.84 Å². The van der Waals surface area contributed by atoms with Gasteiger partial charge in [-0.15, -0.1) is 0 Å². The van der Waals surface area contributed by atoms with Crippen molar-refractivity contribution in [1.29, 1.82) is 10.5 Å². The molecule has 0 bridgehead atoms. The largest absolute Gasteiger partial charge is 0.388 e. The molecule has 0 atom stereocenters. The first-order valence-corrected chi connectivity index (χ1v) is 3.78. The van der Waals surface area contributed by atoms with Gasteiger partial charge >= 0.3 is 0 Å². The summed E-state index contributed by atoms with van der Waals surface area (Å²) in [5, 5.41) is 16.9. The Morgan fingerprint density at radius 2 is 1.92 bits per heavy atom. The van der Waals surface area contributed by atoms with Crippen molar-refractivity contribution in [1.82, 2.24) is 0 Å². The minimum atomic E-state index is -0.207. The lowest BCUT2D eigenvalue weighted by atomic mass is 10.3. The number of hydrogen-bond acceptors (Lipinski definition) is 4. The molecule has 5 heteroatoms. The molecule has 0 saturated carbocycles. The van der Waals surface area contributed by atoms with Crippen LogP contribution in [0.25, 0.3) is 0 Å². The van der Waals surface area contributed by atoms with Crippen LogP contribution in [0.4, 0.5) is 0 Å². The van der Waals surface area contributed by atoms with Gasteiger partial charge in [0.2, 0.25) is 0 Å². The van der Waals surface area contributed by atoms with E-state index in [1.165, 1.54) is 0 Å². The second-order valence-corrected chi connectivity index (χ2v) is 2.34. The van der Waals surface area contributed by atoms with Gasteiger partial charge in [0.25, 0.3) is 0 Å². The van der Waals surface area contributed by atoms with Gasteiger partial charge in [0.1, 0.15) is 23.7 Å². The quantitative estimate of drug-likeness (QED) is 0.368. The summed E-state index contributed by atoms with van der Waals surface area (Å²) < 4.78 is 0. The van der Waals surface area contributed by atoms with Crippen LogP contribution >= 0.6 is 0 Å². The third-order valence-electron chi connectivity index (χ3n) is 1.24. The Balaban J connectivity index is 4.78. The molecule has 0 aliphatic heterocycles.